The Labute approximate surface area is 96.8 Å². The average molecular weight is 275 g/mol. The van der Waals surface area contributed by atoms with E-state index in [0.29, 0.717) is 5.56 Å². The molecule has 0 saturated heterocycles. The van der Waals surface area contributed by atoms with E-state index in [-0.39, 0.29) is 22.1 Å². The van der Waals surface area contributed by atoms with Crippen LogP contribution in [-0.4, -0.2) is 4.83 Å². The molecule has 15 heavy (non-hydrogen) atoms. The second-order valence-electron chi connectivity index (χ2n) is 4.15. The first-order valence-corrected chi connectivity index (χ1v) is 6.11. The van der Waals surface area contributed by atoms with Crippen molar-refractivity contribution < 1.29 is 8.78 Å². The van der Waals surface area contributed by atoms with Crippen LogP contribution in [0.2, 0.25) is 0 Å². The third-order valence-electron chi connectivity index (χ3n) is 3.12. The van der Waals surface area contributed by atoms with Gasteiger partial charge in [0.1, 0.15) is 11.6 Å². The maximum Gasteiger partial charge on any atom is 0.132 e. The van der Waals surface area contributed by atoms with E-state index < -0.39 is 5.82 Å². The van der Waals surface area contributed by atoms with Crippen LogP contribution in [0.1, 0.15) is 36.3 Å². The minimum absolute atomic E-state index is 0.00935. The zero-order valence-corrected chi connectivity index (χ0v) is 10.2. The number of hydrogen-bond acceptors (Lipinski definition) is 0. The molecular formula is C12H13BrF2. The van der Waals surface area contributed by atoms with Crippen molar-refractivity contribution in [1.82, 2.24) is 0 Å². The summed E-state index contributed by atoms with van der Waals surface area (Å²) in [5, 5.41) is 0. The van der Waals surface area contributed by atoms with E-state index in [0.717, 1.165) is 19.3 Å². The van der Waals surface area contributed by atoms with Crippen LogP contribution in [0.4, 0.5) is 8.78 Å². The van der Waals surface area contributed by atoms with Gasteiger partial charge >= 0.3 is 0 Å². The summed E-state index contributed by atoms with van der Waals surface area (Å²) in [6, 6.07) is 2.86. The minimum atomic E-state index is -0.408. The van der Waals surface area contributed by atoms with Crippen LogP contribution in [-0.2, 0) is 0 Å². The Balaban J connectivity index is 2.46. The molecular weight excluding hydrogens is 262 g/mol. The van der Waals surface area contributed by atoms with Crippen molar-refractivity contribution in [2.45, 2.75) is 36.9 Å². The van der Waals surface area contributed by atoms with Gasteiger partial charge < -0.3 is 0 Å². The van der Waals surface area contributed by atoms with E-state index in [1.165, 1.54) is 12.1 Å². The number of benzene rings is 1. The highest BCUT2D eigenvalue weighted by Crippen LogP contribution is 2.41. The Kier molecular flexibility index (Phi) is 3.10. The van der Waals surface area contributed by atoms with Gasteiger partial charge in [0.2, 0.25) is 0 Å². The van der Waals surface area contributed by atoms with Gasteiger partial charge in [0.25, 0.3) is 0 Å². The van der Waals surface area contributed by atoms with Crippen molar-refractivity contribution in [3.05, 3.63) is 34.9 Å². The SMILES string of the molecule is Cc1ccc(F)c(C2CCCC2Br)c1F. The Morgan fingerprint density at radius 2 is 2.00 bits per heavy atom. The largest absolute Gasteiger partial charge is 0.207 e. The lowest BCUT2D eigenvalue weighted by Gasteiger charge is -2.17. The molecule has 0 aliphatic heterocycles. The van der Waals surface area contributed by atoms with Gasteiger partial charge in [-0.15, -0.1) is 0 Å². The van der Waals surface area contributed by atoms with Crippen LogP contribution >= 0.6 is 15.9 Å². The molecule has 2 unspecified atom stereocenters. The second kappa shape index (κ2) is 4.20. The van der Waals surface area contributed by atoms with E-state index in [1.807, 2.05) is 0 Å². The van der Waals surface area contributed by atoms with E-state index in [2.05, 4.69) is 15.9 Å². The highest BCUT2D eigenvalue weighted by atomic mass is 79.9. The van der Waals surface area contributed by atoms with Crippen molar-refractivity contribution in [3.63, 3.8) is 0 Å². The van der Waals surface area contributed by atoms with Gasteiger partial charge in [-0.3, -0.25) is 0 Å². The Hall–Kier alpha value is -0.440. The zero-order valence-electron chi connectivity index (χ0n) is 8.56. The standard InChI is InChI=1S/C12H13BrF2/c1-7-5-6-10(14)11(12(7)15)8-3-2-4-9(8)13/h5-6,8-9H,2-4H2,1H3. The van der Waals surface area contributed by atoms with Crippen molar-refractivity contribution in [2.75, 3.05) is 0 Å². The van der Waals surface area contributed by atoms with Crippen LogP contribution in [0.15, 0.2) is 12.1 Å². The summed E-state index contributed by atoms with van der Waals surface area (Å²) in [6.45, 7) is 1.68. The normalized spacial score (nSPS) is 25.9. The van der Waals surface area contributed by atoms with E-state index in [9.17, 15) is 8.78 Å². The summed E-state index contributed by atoms with van der Waals surface area (Å²) in [5.41, 5.74) is 0.798. The molecule has 0 radical (unpaired) electrons. The molecule has 2 rings (SSSR count). The van der Waals surface area contributed by atoms with Gasteiger partial charge in [0, 0.05) is 16.3 Å². The monoisotopic (exact) mass is 274 g/mol. The summed E-state index contributed by atoms with van der Waals surface area (Å²) < 4.78 is 27.4. The Bertz CT molecular complexity index is 376. The van der Waals surface area contributed by atoms with Crippen molar-refractivity contribution >= 4 is 15.9 Å². The first-order chi connectivity index (χ1) is 7.11. The van der Waals surface area contributed by atoms with Crippen molar-refractivity contribution in [3.8, 4) is 0 Å². The third-order valence-corrected chi connectivity index (χ3v) is 4.22. The predicted octanol–water partition coefficient (Wildman–Crippen LogP) is 4.30. The molecule has 0 bridgehead atoms. The molecule has 0 aromatic heterocycles. The lowest BCUT2D eigenvalue weighted by Crippen LogP contribution is -2.10. The molecule has 1 saturated carbocycles. The fourth-order valence-corrected chi connectivity index (χ4v) is 3.11. The molecule has 0 spiro atoms. The van der Waals surface area contributed by atoms with Crippen molar-refractivity contribution in [1.29, 1.82) is 0 Å². The third kappa shape index (κ3) is 1.94. The Morgan fingerprint density at radius 1 is 1.27 bits per heavy atom. The summed E-state index contributed by atoms with van der Waals surface area (Å²) in [7, 11) is 0. The lowest BCUT2D eigenvalue weighted by atomic mass is 9.95. The van der Waals surface area contributed by atoms with Crippen molar-refractivity contribution in [2.24, 2.45) is 0 Å². The predicted molar refractivity (Wildman–Crippen MR) is 60.4 cm³/mol. The zero-order chi connectivity index (χ0) is 11.0. The van der Waals surface area contributed by atoms with Crippen LogP contribution in [0.25, 0.3) is 0 Å². The van der Waals surface area contributed by atoms with Gasteiger partial charge in [0.05, 0.1) is 0 Å². The van der Waals surface area contributed by atoms with E-state index in [4.69, 9.17) is 0 Å². The maximum atomic E-state index is 13.8. The number of rotatable bonds is 1. The van der Waals surface area contributed by atoms with Crippen LogP contribution in [0.5, 0.6) is 0 Å². The van der Waals surface area contributed by atoms with Gasteiger partial charge in [-0.25, -0.2) is 8.78 Å². The van der Waals surface area contributed by atoms with Crippen LogP contribution in [0.3, 0.4) is 0 Å². The molecule has 1 aromatic carbocycles. The molecule has 2 atom stereocenters. The summed E-state index contributed by atoms with van der Waals surface area (Å²) in [5.74, 6) is -0.786. The van der Waals surface area contributed by atoms with E-state index >= 15 is 0 Å². The molecule has 0 N–H and O–H groups in total. The smallest absolute Gasteiger partial charge is 0.132 e. The van der Waals surface area contributed by atoms with Gasteiger partial charge in [-0.1, -0.05) is 28.4 Å². The molecule has 1 aliphatic rings. The fraction of sp³-hybridized carbons (Fsp3) is 0.500. The molecule has 0 nitrogen and oxygen atoms in total. The number of halogens is 3. The average Bonchev–Trinajstić information content (AvgIpc) is 2.60. The Morgan fingerprint density at radius 3 is 2.60 bits per heavy atom. The molecule has 1 aromatic rings. The molecule has 1 fully saturated rings. The highest BCUT2D eigenvalue weighted by molar-refractivity contribution is 9.09. The minimum Gasteiger partial charge on any atom is -0.207 e. The summed E-state index contributed by atoms with van der Waals surface area (Å²) in [4.78, 5) is 0.211. The fourth-order valence-electron chi connectivity index (χ4n) is 2.26. The molecule has 1 aliphatic carbocycles. The first-order valence-electron chi connectivity index (χ1n) is 5.20. The lowest BCUT2D eigenvalue weighted by molar-refractivity contribution is 0.523. The molecule has 82 valence electrons. The molecule has 0 heterocycles. The number of aryl methyl sites for hydroxylation is 1. The topological polar surface area (TPSA) is 0 Å². The van der Waals surface area contributed by atoms with Gasteiger partial charge in [0.15, 0.2) is 0 Å². The van der Waals surface area contributed by atoms with Gasteiger partial charge in [-0.05, 0) is 31.4 Å². The van der Waals surface area contributed by atoms with E-state index in [1.54, 1.807) is 6.92 Å². The first kappa shape index (κ1) is 11.1. The quantitative estimate of drug-likeness (QED) is 0.670. The number of hydrogen-bond donors (Lipinski definition) is 0. The van der Waals surface area contributed by atoms with Gasteiger partial charge in [-0.2, -0.15) is 0 Å². The molecule has 0 amide bonds. The van der Waals surface area contributed by atoms with Crippen LogP contribution in [0, 0.1) is 18.6 Å². The van der Waals surface area contributed by atoms with Crippen LogP contribution < -0.4 is 0 Å². The maximum absolute atomic E-state index is 13.8. The number of alkyl halides is 1. The highest BCUT2D eigenvalue weighted by Gasteiger charge is 2.31. The second-order valence-corrected chi connectivity index (χ2v) is 5.32. The summed E-state index contributed by atoms with van der Waals surface area (Å²) >= 11 is 3.50. The molecule has 3 heteroatoms. The summed E-state index contributed by atoms with van der Waals surface area (Å²) in [6.07, 6.45) is 2.90.